The molecular formula is C11H20N4. The molecule has 15 heavy (non-hydrogen) atoms. The van der Waals surface area contributed by atoms with E-state index >= 15 is 0 Å². The van der Waals surface area contributed by atoms with Crippen LogP contribution in [0.4, 0.5) is 0 Å². The van der Waals surface area contributed by atoms with Crippen LogP contribution >= 0.6 is 0 Å². The Hall–Kier alpha value is -0.870. The van der Waals surface area contributed by atoms with E-state index in [1.54, 1.807) is 0 Å². The summed E-state index contributed by atoms with van der Waals surface area (Å²) in [7, 11) is 2.05. The van der Waals surface area contributed by atoms with Crippen LogP contribution in [0.5, 0.6) is 0 Å². The Balaban J connectivity index is 1.75. The summed E-state index contributed by atoms with van der Waals surface area (Å²) in [6, 6.07) is 0.685. The van der Waals surface area contributed by atoms with E-state index in [9.17, 15) is 0 Å². The SMILES string of the molecule is CNC1CCN(CCn2cc(C)cn2)C1. The first kappa shape index (κ1) is 10.6. The fourth-order valence-electron chi connectivity index (χ4n) is 2.10. The van der Waals surface area contributed by atoms with Crippen LogP contribution in [0, 0.1) is 6.92 Å². The number of aryl methyl sites for hydroxylation is 1. The van der Waals surface area contributed by atoms with E-state index in [0.29, 0.717) is 6.04 Å². The number of aromatic nitrogens is 2. The van der Waals surface area contributed by atoms with Gasteiger partial charge in [-0.05, 0) is 32.5 Å². The fourth-order valence-corrected chi connectivity index (χ4v) is 2.10. The van der Waals surface area contributed by atoms with Gasteiger partial charge < -0.3 is 5.32 Å². The molecule has 1 unspecified atom stereocenters. The van der Waals surface area contributed by atoms with Crippen LogP contribution in [-0.2, 0) is 6.54 Å². The van der Waals surface area contributed by atoms with E-state index in [-0.39, 0.29) is 0 Å². The van der Waals surface area contributed by atoms with Crippen molar-refractivity contribution >= 4 is 0 Å². The molecule has 1 aromatic heterocycles. The van der Waals surface area contributed by atoms with Crippen LogP contribution in [0.3, 0.4) is 0 Å². The minimum atomic E-state index is 0.685. The van der Waals surface area contributed by atoms with Gasteiger partial charge in [0.1, 0.15) is 0 Å². The third kappa shape index (κ3) is 2.79. The summed E-state index contributed by atoms with van der Waals surface area (Å²) in [5.41, 5.74) is 1.24. The van der Waals surface area contributed by atoms with Crippen molar-refractivity contribution in [2.24, 2.45) is 0 Å². The number of hydrogen-bond acceptors (Lipinski definition) is 3. The highest BCUT2D eigenvalue weighted by atomic mass is 15.3. The molecule has 84 valence electrons. The van der Waals surface area contributed by atoms with Gasteiger partial charge in [-0.2, -0.15) is 5.10 Å². The summed E-state index contributed by atoms with van der Waals surface area (Å²) in [4.78, 5) is 2.50. The molecule has 0 spiro atoms. The number of hydrogen-bond donors (Lipinski definition) is 1. The number of rotatable bonds is 4. The Morgan fingerprint density at radius 2 is 2.40 bits per heavy atom. The summed E-state index contributed by atoms with van der Waals surface area (Å²) in [6.07, 6.45) is 5.29. The average Bonchev–Trinajstić information content (AvgIpc) is 2.83. The van der Waals surface area contributed by atoms with Gasteiger partial charge in [0.25, 0.3) is 0 Å². The molecule has 1 atom stereocenters. The van der Waals surface area contributed by atoms with Crippen molar-refractivity contribution in [2.75, 3.05) is 26.7 Å². The van der Waals surface area contributed by atoms with Crippen molar-refractivity contribution in [2.45, 2.75) is 25.9 Å². The molecule has 0 bridgehead atoms. The van der Waals surface area contributed by atoms with Crippen molar-refractivity contribution in [3.8, 4) is 0 Å². The molecule has 0 aromatic carbocycles. The van der Waals surface area contributed by atoms with Crippen LogP contribution in [0.25, 0.3) is 0 Å². The highest BCUT2D eigenvalue weighted by molar-refractivity contribution is 4.99. The predicted molar refractivity (Wildman–Crippen MR) is 60.9 cm³/mol. The third-order valence-corrected chi connectivity index (χ3v) is 3.09. The third-order valence-electron chi connectivity index (χ3n) is 3.09. The molecule has 1 saturated heterocycles. The number of nitrogens with one attached hydrogen (secondary N) is 1. The van der Waals surface area contributed by atoms with Gasteiger partial charge in [-0.3, -0.25) is 9.58 Å². The number of nitrogens with zero attached hydrogens (tertiary/aromatic N) is 3. The van der Waals surface area contributed by atoms with E-state index < -0.39 is 0 Å². The predicted octanol–water partition coefficient (Wildman–Crippen LogP) is 0.485. The standard InChI is InChI=1S/C11H20N4/c1-10-7-13-15(8-10)6-5-14-4-3-11(9-14)12-2/h7-8,11-12H,3-6,9H2,1-2H3. The molecule has 1 aliphatic heterocycles. The zero-order valence-electron chi connectivity index (χ0n) is 9.61. The number of likely N-dealkylation sites (tertiary alicyclic amines) is 1. The Morgan fingerprint density at radius 3 is 3.00 bits per heavy atom. The van der Waals surface area contributed by atoms with Crippen molar-refractivity contribution in [1.29, 1.82) is 0 Å². The number of likely N-dealkylation sites (N-methyl/N-ethyl adjacent to an activating group) is 1. The van der Waals surface area contributed by atoms with Crippen LogP contribution < -0.4 is 5.32 Å². The Morgan fingerprint density at radius 1 is 1.53 bits per heavy atom. The van der Waals surface area contributed by atoms with Gasteiger partial charge in [0.2, 0.25) is 0 Å². The minimum absolute atomic E-state index is 0.685. The maximum atomic E-state index is 4.29. The van der Waals surface area contributed by atoms with Crippen LogP contribution in [-0.4, -0.2) is 47.4 Å². The maximum absolute atomic E-state index is 4.29. The minimum Gasteiger partial charge on any atom is -0.316 e. The summed E-state index contributed by atoms with van der Waals surface area (Å²) >= 11 is 0. The van der Waals surface area contributed by atoms with Crippen LogP contribution in [0.1, 0.15) is 12.0 Å². The monoisotopic (exact) mass is 208 g/mol. The molecule has 0 saturated carbocycles. The summed E-state index contributed by atoms with van der Waals surface area (Å²) in [5.74, 6) is 0. The first-order valence-electron chi connectivity index (χ1n) is 5.66. The molecule has 0 radical (unpaired) electrons. The lowest BCUT2D eigenvalue weighted by atomic mass is 10.3. The highest BCUT2D eigenvalue weighted by Gasteiger charge is 2.20. The molecule has 1 N–H and O–H groups in total. The second-order valence-electron chi connectivity index (χ2n) is 4.36. The fraction of sp³-hybridized carbons (Fsp3) is 0.727. The Kier molecular flexibility index (Phi) is 3.38. The second-order valence-corrected chi connectivity index (χ2v) is 4.36. The molecule has 0 aliphatic carbocycles. The largest absolute Gasteiger partial charge is 0.316 e. The lowest BCUT2D eigenvalue weighted by Crippen LogP contribution is -2.31. The van der Waals surface area contributed by atoms with Gasteiger partial charge in [-0.25, -0.2) is 0 Å². The van der Waals surface area contributed by atoms with Gasteiger partial charge in [0, 0.05) is 25.3 Å². The molecule has 4 nitrogen and oxygen atoms in total. The lowest BCUT2D eigenvalue weighted by Gasteiger charge is -2.15. The zero-order valence-corrected chi connectivity index (χ0v) is 9.61. The molecule has 1 aromatic rings. The van der Waals surface area contributed by atoms with E-state index in [2.05, 4.69) is 28.4 Å². The highest BCUT2D eigenvalue weighted by Crippen LogP contribution is 2.08. The lowest BCUT2D eigenvalue weighted by molar-refractivity contribution is 0.308. The maximum Gasteiger partial charge on any atom is 0.0536 e. The first-order chi connectivity index (χ1) is 7.28. The summed E-state index contributed by atoms with van der Waals surface area (Å²) in [5, 5.41) is 7.62. The zero-order chi connectivity index (χ0) is 10.7. The van der Waals surface area contributed by atoms with Gasteiger partial charge in [0.05, 0.1) is 12.7 Å². The van der Waals surface area contributed by atoms with Gasteiger partial charge in [-0.15, -0.1) is 0 Å². The molecule has 2 rings (SSSR count). The molecule has 1 aliphatic rings. The van der Waals surface area contributed by atoms with Gasteiger partial charge in [0.15, 0.2) is 0 Å². The quantitative estimate of drug-likeness (QED) is 0.781. The molecule has 2 heterocycles. The van der Waals surface area contributed by atoms with E-state index in [1.807, 2.05) is 17.9 Å². The van der Waals surface area contributed by atoms with Crippen molar-refractivity contribution < 1.29 is 0 Å². The Bertz CT molecular complexity index is 307. The van der Waals surface area contributed by atoms with Crippen molar-refractivity contribution in [1.82, 2.24) is 20.0 Å². The second kappa shape index (κ2) is 4.77. The molecule has 0 amide bonds. The summed E-state index contributed by atoms with van der Waals surface area (Å²) in [6.45, 7) is 6.59. The van der Waals surface area contributed by atoms with Crippen LogP contribution in [0.2, 0.25) is 0 Å². The van der Waals surface area contributed by atoms with E-state index in [0.717, 1.165) is 13.1 Å². The molecule has 4 heteroatoms. The molecular weight excluding hydrogens is 188 g/mol. The Labute approximate surface area is 91.3 Å². The van der Waals surface area contributed by atoms with Gasteiger partial charge in [-0.1, -0.05) is 0 Å². The normalized spacial score (nSPS) is 22.4. The van der Waals surface area contributed by atoms with Crippen molar-refractivity contribution in [3.63, 3.8) is 0 Å². The van der Waals surface area contributed by atoms with Crippen molar-refractivity contribution in [3.05, 3.63) is 18.0 Å². The van der Waals surface area contributed by atoms with Gasteiger partial charge >= 0.3 is 0 Å². The smallest absolute Gasteiger partial charge is 0.0536 e. The van der Waals surface area contributed by atoms with Crippen LogP contribution in [0.15, 0.2) is 12.4 Å². The first-order valence-corrected chi connectivity index (χ1v) is 5.66. The average molecular weight is 208 g/mol. The topological polar surface area (TPSA) is 33.1 Å². The van der Waals surface area contributed by atoms with E-state index in [1.165, 1.54) is 25.1 Å². The summed E-state index contributed by atoms with van der Waals surface area (Å²) < 4.78 is 2.03. The van der Waals surface area contributed by atoms with E-state index in [4.69, 9.17) is 0 Å². The molecule has 1 fully saturated rings.